The van der Waals surface area contributed by atoms with Gasteiger partial charge >= 0.3 is 5.97 Å². The van der Waals surface area contributed by atoms with Gasteiger partial charge in [-0.25, -0.2) is 25.9 Å². The van der Waals surface area contributed by atoms with E-state index in [0.717, 1.165) is 6.26 Å². The molecule has 0 aromatic heterocycles. The predicted octanol–water partition coefficient (Wildman–Crippen LogP) is 0.0408. The molecular weight excluding hydrogens is 344 g/mol. The molecule has 128 valence electrons. The summed E-state index contributed by atoms with van der Waals surface area (Å²) in [5.41, 5.74) is 0.00284. The number of carboxylic acids is 1. The molecule has 1 aliphatic heterocycles. The molecule has 1 heterocycles. The molecule has 0 radical (unpaired) electrons. The number of hydrogen-bond acceptors (Lipinski definition) is 5. The summed E-state index contributed by atoms with van der Waals surface area (Å²) in [5, 5.41) is 8.85. The maximum absolute atomic E-state index is 12.6. The van der Waals surface area contributed by atoms with Crippen LogP contribution in [0.15, 0.2) is 29.2 Å². The molecule has 1 aliphatic rings. The van der Waals surface area contributed by atoms with Crippen LogP contribution in [0.25, 0.3) is 0 Å². The Bertz CT molecular complexity index is 786. The molecule has 0 unspecified atom stereocenters. The Hall–Kier alpha value is -1.49. The van der Waals surface area contributed by atoms with E-state index >= 15 is 0 Å². The van der Waals surface area contributed by atoms with Crippen molar-refractivity contribution in [1.82, 2.24) is 8.61 Å². The van der Waals surface area contributed by atoms with Gasteiger partial charge in [-0.05, 0) is 30.7 Å². The van der Waals surface area contributed by atoms with Crippen LogP contribution in [0.4, 0.5) is 0 Å². The first-order valence-electron chi connectivity index (χ1n) is 6.91. The lowest BCUT2D eigenvalue weighted by molar-refractivity contribution is 0.0696. The zero-order valence-corrected chi connectivity index (χ0v) is 14.2. The van der Waals surface area contributed by atoms with Crippen molar-refractivity contribution in [3.05, 3.63) is 29.8 Å². The molecule has 1 aromatic carbocycles. The van der Waals surface area contributed by atoms with E-state index in [2.05, 4.69) is 0 Å². The summed E-state index contributed by atoms with van der Waals surface area (Å²) in [7, 11) is -7.13. The quantitative estimate of drug-likeness (QED) is 0.809. The Kier molecular flexibility index (Phi) is 5.09. The largest absolute Gasteiger partial charge is 0.478 e. The lowest BCUT2D eigenvalue weighted by Gasteiger charge is -2.20. The molecule has 10 heteroatoms. The molecule has 0 atom stereocenters. The van der Waals surface area contributed by atoms with Crippen molar-refractivity contribution in [2.75, 3.05) is 32.4 Å². The summed E-state index contributed by atoms with van der Waals surface area (Å²) < 4.78 is 50.8. The van der Waals surface area contributed by atoms with Gasteiger partial charge in [-0.2, -0.15) is 4.31 Å². The van der Waals surface area contributed by atoms with Crippen molar-refractivity contribution in [1.29, 1.82) is 0 Å². The van der Waals surface area contributed by atoms with Crippen molar-refractivity contribution in [2.24, 2.45) is 0 Å². The number of aromatic carboxylic acids is 1. The van der Waals surface area contributed by atoms with Crippen LogP contribution >= 0.6 is 0 Å². The first-order valence-corrected chi connectivity index (χ1v) is 10.2. The summed E-state index contributed by atoms with van der Waals surface area (Å²) in [4.78, 5) is 10.8. The molecule has 1 aromatic rings. The number of benzene rings is 1. The fourth-order valence-electron chi connectivity index (χ4n) is 2.36. The fraction of sp³-hybridized carbons (Fsp3) is 0.462. The fourth-order valence-corrected chi connectivity index (χ4v) is 4.70. The predicted molar refractivity (Wildman–Crippen MR) is 83.2 cm³/mol. The minimum atomic E-state index is -3.78. The molecule has 0 saturated carbocycles. The number of sulfonamides is 2. The van der Waals surface area contributed by atoms with E-state index in [9.17, 15) is 21.6 Å². The van der Waals surface area contributed by atoms with Crippen LogP contribution in [0.5, 0.6) is 0 Å². The Morgan fingerprint density at radius 2 is 1.48 bits per heavy atom. The first-order chi connectivity index (χ1) is 10.6. The van der Waals surface area contributed by atoms with Crippen molar-refractivity contribution in [2.45, 2.75) is 11.3 Å². The average Bonchev–Trinajstić information content (AvgIpc) is 2.73. The van der Waals surface area contributed by atoms with Gasteiger partial charge in [0.25, 0.3) is 0 Å². The van der Waals surface area contributed by atoms with Crippen LogP contribution in [0.2, 0.25) is 0 Å². The van der Waals surface area contributed by atoms with Gasteiger partial charge in [0.05, 0.1) is 16.7 Å². The molecule has 8 nitrogen and oxygen atoms in total. The smallest absolute Gasteiger partial charge is 0.335 e. The van der Waals surface area contributed by atoms with Crippen LogP contribution in [-0.2, 0) is 20.0 Å². The van der Waals surface area contributed by atoms with Crippen molar-refractivity contribution < 1.29 is 26.7 Å². The Balaban J connectivity index is 2.21. The third-order valence-corrected chi connectivity index (χ3v) is 6.84. The number of hydrogen-bond donors (Lipinski definition) is 1. The lowest BCUT2D eigenvalue weighted by atomic mass is 10.2. The highest BCUT2D eigenvalue weighted by Gasteiger charge is 2.29. The Morgan fingerprint density at radius 3 is 2.00 bits per heavy atom. The second-order valence-electron chi connectivity index (χ2n) is 5.25. The van der Waals surface area contributed by atoms with Gasteiger partial charge in [-0.15, -0.1) is 0 Å². The minimum Gasteiger partial charge on any atom is -0.478 e. The molecule has 0 bridgehead atoms. The second-order valence-corrected chi connectivity index (χ2v) is 9.17. The van der Waals surface area contributed by atoms with Gasteiger partial charge in [0.2, 0.25) is 20.0 Å². The topological polar surface area (TPSA) is 112 Å². The molecule has 0 aliphatic carbocycles. The lowest BCUT2D eigenvalue weighted by Crippen LogP contribution is -2.36. The van der Waals surface area contributed by atoms with Gasteiger partial charge in [0.1, 0.15) is 0 Å². The van der Waals surface area contributed by atoms with Gasteiger partial charge in [-0.1, -0.05) is 0 Å². The Morgan fingerprint density at radius 1 is 0.957 bits per heavy atom. The minimum absolute atomic E-state index is 0.00284. The highest BCUT2D eigenvalue weighted by atomic mass is 32.2. The summed E-state index contributed by atoms with van der Waals surface area (Å²) in [5.74, 6) is -1.13. The maximum Gasteiger partial charge on any atom is 0.335 e. The molecule has 1 N–H and O–H groups in total. The summed E-state index contributed by atoms with van der Waals surface area (Å²) in [6.45, 7) is 0.666. The van der Waals surface area contributed by atoms with Crippen LogP contribution in [0.1, 0.15) is 16.8 Å². The monoisotopic (exact) mass is 362 g/mol. The van der Waals surface area contributed by atoms with E-state index < -0.39 is 26.0 Å². The van der Waals surface area contributed by atoms with Crippen LogP contribution in [-0.4, -0.2) is 69.0 Å². The maximum atomic E-state index is 12.6. The first kappa shape index (κ1) is 17.9. The standard InChI is InChI=1S/C13H18N2O6S2/c1-22(18,19)14-7-2-8-15(10-9-14)23(20,21)12-5-3-11(4-6-12)13(16)17/h3-6H,2,7-10H2,1H3,(H,16,17). The zero-order valence-electron chi connectivity index (χ0n) is 12.5. The molecular formula is C13H18N2O6S2. The average molecular weight is 362 g/mol. The Labute approximate surface area is 135 Å². The van der Waals surface area contributed by atoms with Gasteiger partial charge in [0, 0.05) is 26.2 Å². The second kappa shape index (κ2) is 6.56. The van der Waals surface area contributed by atoms with Crippen LogP contribution in [0.3, 0.4) is 0 Å². The highest BCUT2D eigenvalue weighted by molar-refractivity contribution is 7.89. The zero-order chi connectivity index (χ0) is 17.3. The molecule has 1 fully saturated rings. The highest BCUT2D eigenvalue weighted by Crippen LogP contribution is 2.19. The van der Waals surface area contributed by atoms with E-state index in [4.69, 9.17) is 5.11 Å². The molecule has 2 rings (SSSR count). The van der Waals surface area contributed by atoms with Crippen molar-refractivity contribution in [3.8, 4) is 0 Å². The molecule has 23 heavy (non-hydrogen) atoms. The van der Waals surface area contributed by atoms with E-state index in [1.165, 1.54) is 32.9 Å². The van der Waals surface area contributed by atoms with E-state index in [1.54, 1.807) is 0 Å². The van der Waals surface area contributed by atoms with Gasteiger partial charge in [-0.3, -0.25) is 0 Å². The summed E-state index contributed by atoms with van der Waals surface area (Å²) in [6.07, 6.45) is 1.50. The third-order valence-electron chi connectivity index (χ3n) is 3.62. The van der Waals surface area contributed by atoms with Crippen LogP contribution in [0, 0.1) is 0 Å². The number of carboxylic acid groups (broad SMARTS) is 1. The summed E-state index contributed by atoms with van der Waals surface area (Å²) in [6, 6.07) is 4.96. The van der Waals surface area contributed by atoms with E-state index in [-0.39, 0.29) is 36.6 Å². The third kappa shape index (κ3) is 4.08. The normalized spacial score (nSPS) is 18.5. The summed E-state index contributed by atoms with van der Waals surface area (Å²) >= 11 is 0. The van der Waals surface area contributed by atoms with E-state index in [0.29, 0.717) is 6.42 Å². The SMILES string of the molecule is CS(=O)(=O)N1CCCN(S(=O)(=O)c2ccc(C(=O)O)cc2)CC1. The number of carbonyl (C=O) groups is 1. The van der Waals surface area contributed by atoms with Crippen molar-refractivity contribution in [3.63, 3.8) is 0 Å². The van der Waals surface area contributed by atoms with Crippen LogP contribution < -0.4 is 0 Å². The molecule has 0 spiro atoms. The van der Waals surface area contributed by atoms with E-state index in [1.807, 2.05) is 0 Å². The van der Waals surface area contributed by atoms with Gasteiger partial charge in [0.15, 0.2) is 0 Å². The van der Waals surface area contributed by atoms with Crippen molar-refractivity contribution >= 4 is 26.0 Å². The number of rotatable bonds is 4. The molecule has 0 amide bonds. The molecule has 1 saturated heterocycles. The number of nitrogens with zero attached hydrogens (tertiary/aromatic N) is 2. The van der Waals surface area contributed by atoms with Gasteiger partial charge < -0.3 is 5.11 Å².